The summed E-state index contributed by atoms with van der Waals surface area (Å²) in [6.07, 6.45) is 2.00. The molecule has 2 aromatic carbocycles. The first-order chi connectivity index (χ1) is 9.71. The van der Waals surface area contributed by atoms with E-state index in [4.69, 9.17) is 10.6 Å². The lowest BCUT2D eigenvalue weighted by Gasteiger charge is -2.21. The summed E-state index contributed by atoms with van der Waals surface area (Å²) in [5.74, 6) is 5.98. The number of rotatable bonds is 5. The molecular formula is C15H17FN2OS. The molecule has 0 aliphatic carbocycles. The summed E-state index contributed by atoms with van der Waals surface area (Å²) >= 11 is 1.62. The maximum atomic E-state index is 13.5. The molecule has 20 heavy (non-hydrogen) atoms. The molecule has 0 amide bonds. The predicted molar refractivity (Wildman–Crippen MR) is 80.3 cm³/mol. The minimum atomic E-state index is -0.329. The highest BCUT2D eigenvalue weighted by molar-refractivity contribution is 7.98. The molecule has 0 radical (unpaired) electrons. The summed E-state index contributed by atoms with van der Waals surface area (Å²) in [5.41, 5.74) is 4.42. The Hall–Kier alpha value is -1.56. The maximum absolute atomic E-state index is 13.5. The van der Waals surface area contributed by atoms with E-state index in [2.05, 4.69) is 5.43 Å². The highest BCUT2D eigenvalue weighted by atomic mass is 32.2. The molecule has 0 aliphatic rings. The van der Waals surface area contributed by atoms with Crippen molar-refractivity contribution >= 4 is 11.8 Å². The zero-order chi connectivity index (χ0) is 14.5. The first-order valence-electron chi connectivity index (χ1n) is 6.13. The number of methoxy groups -OCH3 is 1. The lowest BCUT2D eigenvalue weighted by atomic mass is 9.98. The number of hydrogen-bond donors (Lipinski definition) is 2. The van der Waals surface area contributed by atoms with Crippen LogP contribution in [0.25, 0.3) is 0 Å². The molecule has 106 valence electrons. The van der Waals surface area contributed by atoms with Gasteiger partial charge in [-0.05, 0) is 36.1 Å². The van der Waals surface area contributed by atoms with Gasteiger partial charge in [-0.3, -0.25) is 5.84 Å². The van der Waals surface area contributed by atoms with Crippen LogP contribution in [0.15, 0.2) is 47.4 Å². The fourth-order valence-corrected chi connectivity index (χ4v) is 2.82. The van der Waals surface area contributed by atoms with E-state index in [1.165, 1.54) is 12.1 Å². The Morgan fingerprint density at radius 1 is 1.20 bits per heavy atom. The van der Waals surface area contributed by atoms with Gasteiger partial charge in [0.2, 0.25) is 0 Å². The summed E-state index contributed by atoms with van der Waals surface area (Å²) in [6.45, 7) is 0. The van der Waals surface area contributed by atoms with Crippen LogP contribution >= 0.6 is 11.8 Å². The molecular weight excluding hydrogens is 275 g/mol. The van der Waals surface area contributed by atoms with E-state index in [0.717, 1.165) is 10.5 Å². The molecule has 3 nitrogen and oxygen atoms in total. The molecule has 3 N–H and O–H groups in total. The van der Waals surface area contributed by atoms with E-state index < -0.39 is 0 Å². The number of hydrogen-bond acceptors (Lipinski definition) is 4. The molecule has 0 fully saturated rings. The molecule has 0 saturated carbocycles. The number of benzene rings is 2. The van der Waals surface area contributed by atoms with Gasteiger partial charge in [0.1, 0.15) is 11.6 Å². The van der Waals surface area contributed by atoms with Gasteiger partial charge in [0.25, 0.3) is 0 Å². The number of halogens is 1. The van der Waals surface area contributed by atoms with Gasteiger partial charge >= 0.3 is 0 Å². The highest BCUT2D eigenvalue weighted by Crippen LogP contribution is 2.34. The molecule has 5 heteroatoms. The van der Waals surface area contributed by atoms with Gasteiger partial charge in [-0.15, -0.1) is 11.8 Å². The first-order valence-corrected chi connectivity index (χ1v) is 7.36. The summed E-state index contributed by atoms with van der Waals surface area (Å²) in [4.78, 5) is 1.08. The van der Waals surface area contributed by atoms with E-state index in [9.17, 15) is 4.39 Å². The zero-order valence-corrected chi connectivity index (χ0v) is 12.2. The van der Waals surface area contributed by atoms with Gasteiger partial charge in [-0.2, -0.15) is 0 Å². The second-order valence-corrected chi connectivity index (χ2v) is 5.08. The SMILES string of the molecule is COc1ccc(F)cc1C(NN)c1ccccc1SC. The standard InChI is InChI=1S/C15H17FN2OS/c1-19-13-8-7-10(16)9-12(13)15(18-17)11-5-3-4-6-14(11)20-2/h3-9,15,18H,17H2,1-2H3. The lowest BCUT2D eigenvalue weighted by Crippen LogP contribution is -2.29. The largest absolute Gasteiger partial charge is 0.496 e. The van der Waals surface area contributed by atoms with Crippen LogP contribution in [0.1, 0.15) is 17.2 Å². The third kappa shape index (κ3) is 2.95. The summed E-state index contributed by atoms with van der Waals surface area (Å²) in [6, 6.07) is 12.0. The van der Waals surface area contributed by atoms with Crippen LogP contribution in [-0.4, -0.2) is 13.4 Å². The number of ether oxygens (including phenoxy) is 1. The van der Waals surface area contributed by atoms with E-state index in [1.54, 1.807) is 24.9 Å². The van der Waals surface area contributed by atoms with Gasteiger partial charge in [0.15, 0.2) is 0 Å². The lowest BCUT2D eigenvalue weighted by molar-refractivity contribution is 0.402. The van der Waals surface area contributed by atoms with Gasteiger partial charge < -0.3 is 4.74 Å². The Morgan fingerprint density at radius 2 is 1.95 bits per heavy atom. The minimum Gasteiger partial charge on any atom is -0.496 e. The Balaban J connectivity index is 2.55. The third-order valence-electron chi connectivity index (χ3n) is 3.12. The molecule has 0 aromatic heterocycles. The molecule has 0 heterocycles. The van der Waals surface area contributed by atoms with Crippen LogP contribution in [0.5, 0.6) is 5.75 Å². The monoisotopic (exact) mass is 292 g/mol. The van der Waals surface area contributed by atoms with Crippen molar-refractivity contribution < 1.29 is 9.13 Å². The van der Waals surface area contributed by atoms with Crippen LogP contribution in [0, 0.1) is 5.82 Å². The molecule has 0 aliphatic heterocycles. The van der Waals surface area contributed by atoms with E-state index in [1.807, 2.05) is 30.5 Å². The van der Waals surface area contributed by atoms with Gasteiger partial charge in [0, 0.05) is 10.5 Å². The van der Waals surface area contributed by atoms with E-state index in [-0.39, 0.29) is 11.9 Å². The number of nitrogens with two attached hydrogens (primary N) is 1. The topological polar surface area (TPSA) is 47.3 Å². The van der Waals surface area contributed by atoms with E-state index in [0.29, 0.717) is 11.3 Å². The fourth-order valence-electron chi connectivity index (χ4n) is 2.18. The molecule has 2 rings (SSSR count). The summed E-state index contributed by atoms with van der Waals surface area (Å²) < 4.78 is 18.9. The smallest absolute Gasteiger partial charge is 0.124 e. The second-order valence-electron chi connectivity index (χ2n) is 4.23. The summed E-state index contributed by atoms with van der Waals surface area (Å²) in [7, 11) is 1.56. The van der Waals surface area contributed by atoms with Crippen LogP contribution in [0.4, 0.5) is 4.39 Å². The number of hydrazine groups is 1. The van der Waals surface area contributed by atoms with Crippen molar-refractivity contribution in [2.24, 2.45) is 5.84 Å². The van der Waals surface area contributed by atoms with Crippen molar-refractivity contribution in [3.8, 4) is 5.75 Å². The van der Waals surface area contributed by atoms with Crippen LogP contribution < -0.4 is 16.0 Å². The van der Waals surface area contributed by atoms with Crippen molar-refractivity contribution in [3.05, 3.63) is 59.4 Å². The van der Waals surface area contributed by atoms with Crippen LogP contribution in [-0.2, 0) is 0 Å². The molecule has 0 bridgehead atoms. The van der Waals surface area contributed by atoms with Crippen molar-refractivity contribution in [2.75, 3.05) is 13.4 Å². The van der Waals surface area contributed by atoms with Crippen molar-refractivity contribution in [3.63, 3.8) is 0 Å². The third-order valence-corrected chi connectivity index (χ3v) is 3.93. The maximum Gasteiger partial charge on any atom is 0.124 e. The Labute approximate surface area is 122 Å². The van der Waals surface area contributed by atoms with Gasteiger partial charge in [0.05, 0.1) is 13.2 Å². The zero-order valence-electron chi connectivity index (χ0n) is 11.4. The molecule has 2 aromatic rings. The van der Waals surface area contributed by atoms with E-state index >= 15 is 0 Å². The first kappa shape index (κ1) is 14.8. The molecule has 0 saturated heterocycles. The second kappa shape index (κ2) is 6.74. The summed E-state index contributed by atoms with van der Waals surface area (Å²) in [5, 5.41) is 0. The van der Waals surface area contributed by atoms with Gasteiger partial charge in [-0.1, -0.05) is 18.2 Å². The van der Waals surface area contributed by atoms with Crippen LogP contribution in [0.3, 0.4) is 0 Å². The predicted octanol–water partition coefficient (Wildman–Crippen LogP) is 3.11. The van der Waals surface area contributed by atoms with Crippen LogP contribution in [0.2, 0.25) is 0 Å². The number of nitrogens with one attached hydrogen (secondary N) is 1. The Bertz CT molecular complexity index is 592. The molecule has 1 atom stereocenters. The normalized spacial score (nSPS) is 12.2. The Kier molecular flexibility index (Phi) is 5.00. The highest BCUT2D eigenvalue weighted by Gasteiger charge is 2.20. The fraction of sp³-hybridized carbons (Fsp3) is 0.200. The Morgan fingerprint density at radius 3 is 2.60 bits per heavy atom. The van der Waals surface area contributed by atoms with Crippen molar-refractivity contribution in [1.29, 1.82) is 0 Å². The minimum absolute atomic E-state index is 0.317. The quantitative estimate of drug-likeness (QED) is 0.505. The number of thioether (sulfide) groups is 1. The average molecular weight is 292 g/mol. The molecule has 0 spiro atoms. The molecule has 1 unspecified atom stereocenters. The van der Waals surface area contributed by atoms with Crippen molar-refractivity contribution in [2.45, 2.75) is 10.9 Å². The van der Waals surface area contributed by atoms with Gasteiger partial charge in [-0.25, -0.2) is 9.82 Å². The average Bonchev–Trinajstić information content (AvgIpc) is 2.49. The van der Waals surface area contributed by atoms with Crippen molar-refractivity contribution in [1.82, 2.24) is 5.43 Å².